The van der Waals surface area contributed by atoms with Crippen molar-refractivity contribution in [3.05, 3.63) is 18.3 Å². The number of nitrogens with one attached hydrogen (secondary N) is 1. The number of fused-ring (bicyclic) bond motifs is 1. The molecule has 1 aromatic rings. The summed E-state index contributed by atoms with van der Waals surface area (Å²) in [5.41, 5.74) is 6.14. The van der Waals surface area contributed by atoms with Crippen LogP contribution in [0.3, 0.4) is 0 Å². The van der Waals surface area contributed by atoms with Gasteiger partial charge < -0.3 is 15.8 Å². The van der Waals surface area contributed by atoms with Crippen LogP contribution in [0.5, 0.6) is 0 Å². The first-order valence-corrected chi connectivity index (χ1v) is 8.14. The summed E-state index contributed by atoms with van der Waals surface area (Å²) in [6.45, 7) is 0.768. The van der Waals surface area contributed by atoms with Gasteiger partial charge in [0.05, 0.1) is 12.1 Å². The second-order valence-electron chi connectivity index (χ2n) is 5.31. The maximum atomic E-state index is 11.2. The molecule has 7 nitrogen and oxygen atoms in total. The molecule has 4 unspecified atom stereocenters. The van der Waals surface area contributed by atoms with Crippen LogP contribution in [-0.4, -0.2) is 38.2 Å². The summed E-state index contributed by atoms with van der Waals surface area (Å²) in [6, 6.07) is 3.07. The van der Waals surface area contributed by atoms with Gasteiger partial charge in [0.2, 0.25) is 10.0 Å². The molecule has 2 heterocycles. The van der Waals surface area contributed by atoms with E-state index in [4.69, 9.17) is 15.6 Å². The van der Waals surface area contributed by atoms with Crippen molar-refractivity contribution in [2.24, 2.45) is 16.8 Å². The summed E-state index contributed by atoms with van der Waals surface area (Å²) in [5.74, 6) is 0.982. The Morgan fingerprint density at radius 3 is 2.85 bits per heavy atom. The lowest BCUT2D eigenvalue weighted by Gasteiger charge is -2.52. The minimum Gasteiger partial charge on any atom is -0.376 e. The molecule has 1 aliphatic carbocycles. The molecule has 0 bridgehead atoms. The van der Waals surface area contributed by atoms with Crippen molar-refractivity contribution in [2.75, 3.05) is 11.9 Å². The summed E-state index contributed by atoms with van der Waals surface area (Å²) in [4.78, 5) is 4.05. The van der Waals surface area contributed by atoms with E-state index in [1.54, 1.807) is 6.07 Å². The molecule has 3 rings (SSSR count). The van der Waals surface area contributed by atoms with E-state index in [9.17, 15) is 8.42 Å². The lowest BCUT2D eigenvalue weighted by atomic mass is 9.68. The van der Waals surface area contributed by atoms with Gasteiger partial charge >= 0.3 is 0 Å². The maximum Gasteiger partial charge on any atom is 0.239 e. The molecular weight excluding hydrogens is 280 g/mol. The predicted molar refractivity (Wildman–Crippen MR) is 73.5 cm³/mol. The first kappa shape index (κ1) is 13.7. The molecule has 110 valence electrons. The zero-order valence-corrected chi connectivity index (χ0v) is 11.7. The molecule has 4 atom stereocenters. The topological polar surface area (TPSA) is 120 Å². The lowest BCUT2D eigenvalue weighted by Crippen LogP contribution is -2.69. The summed E-state index contributed by atoms with van der Waals surface area (Å²) in [7, 11) is -3.71. The molecule has 0 amide bonds. The molecule has 0 spiro atoms. The average Bonchev–Trinajstić information content (AvgIpc) is 2.44. The summed E-state index contributed by atoms with van der Waals surface area (Å²) < 4.78 is 28.0. The molecule has 8 heteroatoms. The van der Waals surface area contributed by atoms with Gasteiger partial charge in [-0.1, -0.05) is 0 Å². The molecule has 1 saturated heterocycles. The van der Waals surface area contributed by atoms with Crippen molar-refractivity contribution in [3.63, 3.8) is 0 Å². The highest BCUT2D eigenvalue weighted by Gasteiger charge is 2.50. The van der Waals surface area contributed by atoms with Crippen LogP contribution in [0, 0.1) is 5.92 Å². The Morgan fingerprint density at radius 1 is 1.40 bits per heavy atom. The summed E-state index contributed by atoms with van der Waals surface area (Å²) in [6.07, 6.45) is 3.52. The Hall–Kier alpha value is -1.22. The molecule has 5 N–H and O–H groups in total. The molecule has 0 aromatic carbocycles. The fourth-order valence-corrected chi connectivity index (χ4v) is 3.39. The Balaban J connectivity index is 1.69. The largest absolute Gasteiger partial charge is 0.376 e. The van der Waals surface area contributed by atoms with Crippen LogP contribution in [-0.2, 0) is 14.8 Å². The number of primary sulfonamides is 1. The zero-order valence-electron chi connectivity index (χ0n) is 10.9. The number of pyridine rings is 1. The van der Waals surface area contributed by atoms with Crippen LogP contribution in [0.1, 0.15) is 12.8 Å². The zero-order chi connectivity index (χ0) is 14.3. The van der Waals surface area contributed by atoms with Crippen molar-refractivity contribution in [2.45, 2.75) is 35.9 Å². The van der Waals surface area contributed by atoms with Crippen LogP contribution < -0.4 is 16.2 Å². The van der Waals surface area contributed by atoms with Gasteiger partial charge in [0, 0.05) is 24.8 Å². The predicted octanol–water partition coefficient (Wildman–Crippen LogP) is -0.354. The van der Waals surface area contributed by atoms with Gasteiger partial charge in [-0.05, 0) is 25.0 Å². The SMILES string of the molecule is NC1C2CCCOC2C1Nc1ccc(S(N)(=O)=O)cn1. The highest BCUT2D eigenvalue weighted by atomic mass is 32.2. The van der Waals surface area contributed by atoms with Crippen molar-refractivity contribution in [1.29, 1.82) is 0 Å². The number of anilines is 1. The molecule has 2 aliphatic rings. The third-order valence-corrected chi connectivity index (χ3v) is 4.96. The third-order valence-electron chi connectivity index (χ3n) is 4.06. The highest BCUT2D eigenvalue weighted by Crippen LogP contribution is 2.38. The number of rotatable bonds is 3. The third kappa shape index (κ3) is 2.39. The number of sulfonamides is 1. The van der Waals surface area contributed by atoms with E-state index in [0.29, 0.717) is 11.7 Å². The van der Waals surface area contributed by atoms with Crippen LogP contribution in [0.15, 0.2) is 23.2 Å². The second kappa shape index (κ2) is 4.96. The first-order chi connectivity index (χ1) is 9.47. The fourth-order valence-electron chi connectivity index (χ4n) is 2.93. The second-order valence-corrected chi connectivity index (χ2v) is 6.87. The normalized spacial score (nSPS) is 33.1. The molecular formula is C12H18N4O3S. The smallest absolute Gasteiger partial charge is 0.239 e. The minimum atomic E-state index is -3.71. The molecule has 1 saturated carbocycles. The van der Waals surface area contributed by atoms with E-state index < -0.39 is 10.0 Å². The monoisotopic (exact) mass is 298 g/mol. The number of aromatic nitrogens is 1. The van der Waals surface area contributed by atoms with E-state index in [1.807, 2.05) is 0 Å². The number of nitrogens with zero attached hydrogens (tertiary/aromatic N) is 1. The Bertz CT molecular complexity index is 589. The average molecular weight is 298 g/mol. The van der Waals surface area contributed by atoms with Gasteiger partial charge in [-0.25, -0.2) is 18.5 Å². The Morgan fingerprint density at radius 2 is 2.20 bits per heavy atom. The quantitative estimate of drug-likeness (QED) is 0.701. The van der Waals surface area contributed by atoms with Crippen LogP contribution in [0.25, 0.3) is 0 Å². The first-order valence-electron chi connectivity index (χ1n) is 6.59. The van der Waals surface area contributed by atoms with Gasteiger partial charge in [0.25, 0.3) is 0 Å². The van der Waals surface area contributed by atoms with Gasteiger partial charge in [-0.3, -0.25) is 0 Å². The fraction of sp³-hybridized carbons (Fsp3) is 0.583. The summed E-state index contributed by atoms with van der Waals surface area (Å²) in [5, 5.41) is 8.24. The molecule has 1 aromatic heterocycles. The molecule has 20 heavy (non-hydrogen) atoms. The van der Waals surface area contributed by atoms with Gasteiger partial charge in [-0.2, -0.15) is 0 Å². The number of ether oxygens (including phenoxy) is 1. The minimum absolute atomic E-state index is 0.00671. The van der Waals surface area contributed by atoms with Gasteiger partial charge in [0.15, 0.2) is 0 Å². The van der Waals surface area contributed by atoms with Crippen LogP contribution >= 0.6 is 0 Å². The number of hydrogen-bond acceptors (Lipinski definition) is 6. The lowest BCUT2D eigenvalue weighted by molar-refractivity contribution is -0.104. The molecule has 2 fully saturated rings. The van der Waals surface area contributed by atoms with Crippen LogP contribution in [0.4, 0.5) is 5.82 Å². The van der Waals surface area contributed by atoms with Crippen molar-refractivity contribution in [1.82, 2.24) is 4.98 Å². The Kier molecular flexibility index (Phi) is 3.41. The number of hydrogen-bond donors (Lipinski definition) is 3. The van der Waals surface area contributed by atoms with Crippen molar-refractivity contribution in [3.8, 4) is 0 Å². The molecule has 0 radical (unpaired) electrons. The van der Waals surface area contributed by atoms with E-state index in [-0.39, 0.29) is 23.1 Å². The van der Waals surface area contributed by atoms with Gasteiger partial charge in [-0.15, -0.1) is 0 Å². The highest BCUT2D eigenvalue weighted by molar-refractivity contribution is 7.89. The van der Waals surface area contributed by atoms with E-state index in [2.05, 4.69) is 10.3 Å². The van der Waals surface area contributed by atoms with Crippen molar-refractivity contribution >= 4 is 15.8 Å². The summed E-state index contributed by atoms with van der Waals surface area (Å²) >= 11 is 0. The van der Waals surface area contributed by atoms with Gasteiger partial charge in [0.1, 0.15) is 10.7 Å². The van der Waals surface area contributed by atoms with E-state index in [1.165, 1.54) is 12.3 Å². The number of nitrogens with two attached hydrogens (primary N) is 2. The Labute approximate surface area is 117 Å². The maximum absolute atomic E-state index is 11.2. The van der Waals surface area contributed by atoms with E-state index in [0.717, 1.165) is 19.4 Å². The standard InChI is InChI=1S/C12H18N4O3S/c13-10-8-2-1-5-19-12(8)11(10)16-9-4-3-7(6-15-9)20(14,17)18/h3-4,6,8,10-12H,1-2,5,13H2,(H,15,16)(H2,14,17,18). The van der Waals surface area contributed by atoms with Crippen LogP contribution in [0.2, 0.25) is 0 Å². The van der Waals surface area contributed by atoms with Crippen molar-refractivity contribution < 1.29 is 13.2 Å². The molecule has 1 aliphatic heterocycles. The van der Waals surface area contributed by atoms with E-state index >= 15 is 0 Å².